The molecule has 2 heterocycles. The van der Waals surface area contributed by atoms with Crippen LogP contribution in [0.25, 0.3) is 10.9 Å². The molecule has 1 aromatic heterocycles. The summed E-state index contributed by atoms with van der Waals surface area (Å²) >= 11 is 0. The smallest absolute Gasteiger partial charge is 0.242 e. The van der Waals surface area contributed by atoms with Crippen molar-refractivity contribution in [2.75, 3.05) is 25.0 Å². The standard InChI is InChI=1S/C21H23N3O/c1-16-13-17-7-3-6-10-20(17)24(16)15-21(25)23-12-11-22(2)19-9-5-4-8-18(19)14-23/h3-10,13H,11-12,14-15H2,1-2H3. The molecule has 0 fully saturated rings. The molecule has 2 aromatic carbocycles. The van der Waals surface area contributed by atoms with Gasteiger partial charge in [0.2, 0.25) is 5.91 Å². The van der Waals surface area contributed by atoms with Gasteiger partial charge in [0.1, 0.15) is 6.54 Å². The highest BCUT2D eigenvalue weighted by Crippen LogP contribution is 2.24. The van der Waals surface area contributed by atoms with E-state index in [1.165, 1.54) is 16.6 Å². The van der Waals surface area contributed by atoms with E-state index in [-0.39, 0.29) is 5.91 Å². The van der Waals surface area contributed by atoms with Crippen LogP contribution < -0.4 is 4.90 Å². The number of likely N-dealkylation sites (N-methyl/N-ethyl adjacent to an activating group) is 1. The lowest BCUT2D eigenvalue weighted by Gasteiger charge is -2.22. The summed E-state index contributed by atoms with van der Waals surface area (Å²) in [6, 6.07) is 18.7. The number of amides is 1. The minimum atomic E-state index is 0.176. The topological polar surface area (TPSA) is 28.5 Å². The second kappa shape index (κ2) is 6.28. The Labute approximate surface area is 148 Å². The largest absolute Gasteiger partial charge is 0.373 e. The number of para-hydroxylation sites is 2. The summed E-state index contributed by atoms with van der Waals surface area (Å²) in [5.74, 6) is 0.176. The third-order valence-electron chi connectivity index (χ3n) is 5.13. The normalized spacial score (nSPS) is 14.5. The predicted octanol–water partition coefficient (Wildman–Crippen LogP) is 3.43. The van der Waals surface area contributed by atoms with Crippen LogP contribution in [0.15, 0.2) is 54.6 Å². The number of hydrogen-bond acceptors (Lipinski definition) is 2. The van der Waals surface area contributed by atoms with Gasteiger partial charge in [-0.25, -0.2) is 0 Å². The zero-order chi connectivity index (χ0) is 17.4. The highest BCUT2D eigenvalue weighted by Gasteiger charge is 2.22. The van der Waals surface area contributed by atoms with E-state index in [1.54, 1.807) is 0 Å². The first kappa shape index (κ1) is 15.8. The van der Waals surface area contributed by atoms with Crippen LogP contribution in [0.3, 0.4) is 0 Å². The Kier molecular flexibility index (Phi) is 3.96. The van der Waals surface area contributed by atoms with Crippen molar-refractivity contribution in [2.45, 2.75) is 20.0 Å². The third-order valence-corrected chi connectivity index (χ3v) is 5.13. The van der Waals surface area contributed by atoms with E-state index in [4.69, 9.17) is 0 Å². The molecule has 0 saturated carbocycles. The van der Waals surface area contributed by atoms with Gasteiger partial charge in [0, 0.05) is 43.6 Å². The van der Waals surface area contributed by atoms with E-state index in [9.17, 15) is 4.79 Å². The van der Waals surface area contributed by atoms with Crippen LogP contribution >= 0.6 is 0 Å². The number of rotatable bonds is 2. The number of aromatic nitrogens is 1. The molecule has 25 heavy (non-hydrogen) atoms. The van der Waals surface area contributed by atoms with Crippen LogP contribution in [0.4, 0.5) is 5.69 Å². The fourth-order valence-electron chi connectivity index (χ4n) is 3.70. The molecule has 0 atom stereocenters. The summed E-state index contributed by atoms with van der Waals surface area (Å²) in [7, 11) is 2.09. The maximum atomic E-state index is 13.0. The number of aryl methyl sites for hydroxylation is 1. The van der Waals surface area contributed by atoms with Crippen molar-refractivity contribution < 1.29 is 4.79 Å². The third kappa shape index (κ3) is 2.88. The molecule has 0 aliphatic carbocycles. The highest BCUT2D eigenvalue weighted by molar-refractivity contribution is 5.84. The van der Waals surface area contributed by atoms with Gasteiger partial charge in [-0.05, 0) is 36.1 Å². The van der Waals surface area contributed by atoms with Crippen molar-refractivity contribution in [3.8, 4) is 0 Å². The van der Waals surface area contributed by atoms with Crippen LogP contribution in [-0.4, -0.2) is 35.5 Å². The fourth-order valence-corrected chi connectivity index (χ4v) is 3.70. The number of anilines is 1. The quantitative estimate of drug-likeness (QED) is 0.719. The first-order chi connectivity index (χ1) is 12.1. The minimum absolute atomic E-state index is 0.176. The molecule has 1 aliphatic heterocycles. The van der Waals surface area contributed by atoms with E-state index in [2.05, 4.69) is 59.8 Å². The van der Waals surface area contributed by atoms with E-state index in [0.29, 0.717) is 13.1 Å². The molecule has 4 heteroatoms. The Morgan fingerprint density at radius 3 is 2.68 bits per heavy atom. The van der Waals surface area contributed by atoms with E-state index in [1.807, 2.05) is 23.1 Å². The van der Waals surface area contributed by atoms with Gasteiger partial charge in [0.15, 0.2) is 0 Å². The molecular weight excluding hydrogens is 310 g/mol. The minimum Gasteiger partial charge on any atom is -0.373 e. The first-order valence-electron chi connectivity index (χ1n) is 8.75. The maximum Gasteiger partial charge on any atom is 0.242 e. The molecule has 0 radical (unpaired) electrons. The fraction of sp³-hybridized carbons (Fsp3) is 0.286. The molecule has 0 saturated heterocycles. The highest BCUT2D eigenvalue weighted by atomic mass is 16.2. The molecule has 4 nitrogen and oxygen atoms in total. The average molecular weight is 333 g/mol. The summed E-state index contributed by atoms with van der Waals surface area (Å²) in [6.45, 7) is 4.75. The van der Waals surface area contributed by atoms with Crippen molar-refractivity contribution >= 4 is 22.5 Å². The second-order valence-corrected chi connectivity index (χ2v) is 6.80. The number of fused-ring (bicyclic) bond motifs is 2. The van der Waals surface area contributed by atoms with Crippen molar-refractivity contribution in [3.63, 3.8) is 0 Å². The van der Waals surface area contributed by atoms with E-state index < -0.39 is 0 Å². The Morgan fingerprint density at radius 2 is 1.80 bits per heavy atom. The molecule has 3 aromatic rings. The van der Waals surface area contributed by atoms with E-state index >= 15 is 0 Å². The van der Waals surface area contributed by atoms with Gasteiger partial charge in [-0.2, -0.15) is 0 Å². The van der Waals surface area contributed by atoms with Crippen LogP contribution in [-0.2, 0) is 17.9 Å². The molecule has 0 bridgehead atoms. The average Bonchev–Trinajstić information content (AvgIpc) is 2.83. The molecule has 0 unspecified atom stereocenters. The molecule has 0 spiro atoms. The van der Waals surface area contributed by atoms with Gasteiger partial charge in [0.05, 0.1) is 0 Å². The molecule has 4 rings (SSSR count). The van der Waals surface area contributed by atoms with Crippen LogP contribution in [0.5, 0.6) is 0 Å². The van der Waals surface area contributed by atoms with E-state index in [0.717, 1.165) is 24.3 Å². The Morgan fingerprint density at radius 1 is 1.04 bits per heavy atom. The lowest BCUT2D eigenvalue weighted by atomic mass is 10.1. The van der Waals surface area contributed by atoms with Crippen molar-refractivity contribution in [1.29, 1.82) is 0 Å². The van der Waals surface area contributed by atoms with Crippen molar-refractivity contribution in [2.24, 2.45) is 0 Å². The van der Waals surface area contributed by atoms with Crippen LogP contribution in [0.1, 0.15) is 11.3 Å². The maximum absolute atomic E-state index is 13.0. The first-order valence-corrected chi connectivity index (χ1v) is 8.75. The van der Waals surface area contributed by atoms with Crippen molar-refractivity contribution in [3.05, 3.63) is 65.9 Å². The number of nitrogens with zero attached hydrogens (tertiary/aromatic N) is 3. The molecular formula is C21H23N3O. The monoisotopic (exact) mass is 333 g/mol. The Hall–Kier alpha value is -2.75. The summed E-state index contributed by atoms with van der Waals surface area (Å²) in [5, 5.41) is 1.19. The molecule has 1 amide bonds. The molecule has 0 N–H and O–H groups in total. The second-order valence-electron chi connectivity index (χ2n) is 6.80. The lowest BCUT2D eigenvalue weighted by molar-refractivity contribution is -0.132. The van der Waals surface area contributed by atoms with Gasteiger partial charge in [-0.1, -0.05) is 36.4 Å². The summed E-state index contributed by atoms with van der Waals surface area (Å²) < 4.78 is 2.12. The molecule has 128 valence electrons. The Bertz CT molecular complexity index is 928. The zero-order valence-electron chi connectivity index (χ0n) is 14.8. The van der Waals surface area contributed by atoms with Crippen LogP contribution in [0, 0.1) is 6.92 Å². The van der Waals surface area contributed by atoms with Gasteiger partial charge in [-0.3, -0.25) is 4.79 Å². The van der Waals surface area contributed by atoms with Crippen LogP contribution in [0.2, 0.25) is 0 Å². The number of carbonyl (C=O) groups excluding carboxylic acids is 1. The number of benzene rings is 2. The Balaban J connectivity index is 1.60. The summed E-state index contributed by atoms with van der Waals surface area (Å²) in [6.07, 6.45) is 0. The van der Waals surface area contributed by atoms with Crippen molar-refractivity contribution in [1.82, 2.24) is 9.47 Å². The number of carbonyl (C=O) groups is 1. The SMILES string of the molecule is Cc1cc2ccccc2n1CC(=O)N1CCN(C)c2ccccc2C1. The predicted molar refractivity (Wildman–Crippen MR) is 102 cm³/mol. The van der Waals surface area contributed by atoms with Gasteiger partial charge in [-0.15, -0.1) is 0 Å². The zero-order valence-corrected chi connectivity index (χ0v) is 14.8. The number of hydrogen-bond donors (Lipinski definition) is 0. The van der Waals surface area contributed by atoms with Gasteiger partial charge in [0.25, 0.3) is 0 Å². The summed E-state index contributed by atoms with van der Waals surface area (Å²) in [5.41, 5.74) is 4.69. The molecule has 1 aliphatic rings. The van der Waals surface area contributed by atoms with Gasteiger partial charge < -0.3 is 14.4 Å². The lowest BCUT2D eigenvalue weighted by Crippen LogP contribution is -2.36. The van der Waals surface area contributed by atoms with Gasteiger partial charge >= 0.3 is 0 Å². The summed E-state index contributed by atoms with van der Waals surface area (Å²) in [4.78, 5) is 17.2.